The van der Waals surface area contributed by atoms with Gasteiger partial charge in [0.1, 0.15) is 5.52 Å². The van der Waals surface area contributed by atoms with Crippen molar-refractivity contribution in [1.29, 1.82) is 0 Å². The maximum Gasteiger partial charge on any atom is 0.330 e. The summed E-state index contributed by atoms with van der Waals surface area (Å²) >= 11 is 5.96. The van der Waals surface area contributed by atoms with Gasteiger partial charge in [-0.25, -0.2) is 13.8 Å². The first-order valence-corrected chi connectivity index (χ1v) is 10.7. The number of rotatable bonds is 9. The molecule has 0 saturated heterocycles. The number of nitrogens with two attached hydrogens (primary N) is 1. The third-order valence-corrected chi connectivity index (χ3v) is 6.94. The lowest BCUT2D eigenvalue weighted by Crippen LogP contribution is -2.06. The highest BCUT2D eigenvalue weighted by atomic mass is 35.5. The molecule has 0 aromatic carbocycles. The van der Waals surface area contributed by atoms with Crippen molar-refractivity contribution in [2.45, 2.75) is 32.7 Å². The van der Waals surface area contributed by atoms with Crippen LogP contribution < -0.4 is 5.73 Å². The van der Waals surface area contributed by atoms with Crippen LogP contribution in [0.4, 0.5) is 14.7 Å². The van der Waals surface area contributed by atoms with Crippen LogP contribution in [0.2, 0.25) is 5.15 Å². The van der Waals surface area contributed by atoms with Crippen molar-refractivity contribution in [3.05, 3.63) is 11.5 Å². The Bertz CT molecular complexity index is 870. The number of fused-ring (bicyclic) bond motifs is 1. The summed E-state index contributed by atoms with van der Waals surface area (Å²) in [6.07, 6.45) is 1.39. The largest absolute Gasteiger partial charge is 0.368 e. The molecule has 2 N–H and O–H groups in total. The summed E-state index contributed by atoms with van der Waals surface area (Å²) in [5.74, 6) is -4.77. The van der Waals surface area contributed by atoms with E-state index in [0.717, 1.165) is 0 Å². The number of alkyl halides is 2. The Hall–Kier alpha value is -1.35. The van der Waals surface area contributed by atoms with Crippen LogP contribution in [0.5, 0.6) is 0 Å². The second-order valence-electron chi connectivity index (χ2n) is 6.29. The lowest BCUT2D eigenvalue weighted by Gasteiger charge is -2.16. The molecular weight excluding hydrogens is 403 g/mol. The maximum atomic E-state index is 14.3. The third kappa shape index (κ3) is 4.08. The zero-order chi connectivity index (χ0) is 19.8. The minimum atomic E-state index is -3.35. The molecule has 1 aliphatic carbocycles. The van der Waals surface area contributed by atoms with Crippen molar-refractivity contribution >= 4 is 36.3 Å². The number of hydrogen-bond acceptors (Lipinski definition) is 7. The smallest absolute Gasteiger partial charge is 0.330 e. The summed E-state index contributed by atoms with van der Waals surface area (Å²) in [6.45, 7) is 3.76. The van der Waals surface area contributed by atoms with E-state index >= 15 is 0 Å². The average molecular weight is 424 g/mol. The fourth-order valence-electron chi connectivity index (χ4n) is 3.23. The molecule has 0 spiro atoms. The fourth-order valence-corrected chi connectivity index (χ4v) is 5.17. The molecule has 8 nitrogen and oxygen atoms in total. The first-order chi connectivity index (χ1) is 12.7. The van der Waals surface area contributed by atoms with Crippen molar-refractivity contribution in [3.63, 3.8) is 0 Å². The molecule has 0 aliphatic heterocycles. The summed E-state index contributed by atoms with van der Waals surface area (Å²) in [6, 6.07) is 0. The normalized spacial score (nSPS) is 21.7. The minimum absolute atomic E-state index is 0.00544. The van der Waals surface area contributed by atoms with Crippen molar-refractivity contribution in [2.24, 2.45) is 11.8 Å². The number of anilines is 1. The number of halogens is 3. The number of nitrogens with zero attached hydrogens (tertiary/aromatic N) is 4. The van der Waals surface area contributed by atoms with E-state index in [-0.39, 0.29) is 43.4 Å². The van der Waals surface area contributed by atoms with Gasteiger partial charge in [0.15, 0.2) is 10.8 Å². The van der Waals surface area contributed by atoms with Crippen LogP contribution in [0.15, 0.2) is 6.33 Å². The van der Waals surface area contributed by atoms with E-state index in [0.29, 0.717) is 11.2 Å². The molecule has 3 rings (SSSR count). The zero-order valence-corrected chi connectivity index (χ0v) is 16.6. The number of imidazole rings is 1. The Morgan fingerprint density at radius 1 is 1.30 bits per heavy atom. The van der Waals surface area contributed by atoms with Gasteiger partial charge in [0, 0.05) is 18.4 Å². The predicted molar refractivity (Wildman–Crippen MR) is 97.0 cm³/mol. The molecule has 0 radical (unpaired) electrons. The van der Waals surface area contributed by atoms with Crippen LogP contribution in [-0.4, -0.2) is 44.8 Å². The standard InChI is InChI=1S/C15H21ClF2N5O3P/c1-3-25-27(24,26-4-2)6-5-9-10(15(9,17)18)7-23-8-20-11-12(16)21-14(19)22-13(11)23/h8-10H,3-7H2,1-2H3,(H2,19,21,22). The molecule has 0 amide bonds. The van der Waals surface area contributed by atoms with Crippen molar-refractivity contribution < 1.29 is 22.4 Å². The lowest BCUT2D eigenvalue weighted by atomic mass is 10.2. The van der Waals surface area contributed by atoms with E-state index in [9.17, 15) is 13.3 Å². The monoisotopic (exact) mass is 423 g/mol. The predicted octanol–water partition coefficient (Wildman–Crippen LogP) is 3.60. The van der Waals surface area contributed by atoms with Crippen LogP contribution >= 0.6 is 19.2 Å². The first-order valence-electron chi connectivity index (χ1n) is 8.61. The second-order valence-corrected chi connectivity index (χ2v) is 8.83. The Labute approximate surface area is 159 Å². The van der Waals surface area contributed by atoms with E-state index in [1.807, 2.05) is 0 Å². The number of aromatic nitrogens is 4. The van der Waals surface area contributed by atoms with E-state index in [1.165, 1.54) is 10.9 Å². The van der Waals surface area contributed by atoms with Gasteiger partial charge in [-0.1, -0.05) is 11.6 Å². The molecule has 2 aromatic rings. The Morgan fingerprint density at radius 2 is 1.96 bits per heavy atom. The van der Waals surface area contributed by atoms with Crippen LogP contribution in [0, 0.1) is 11.8 Å². The Balaban J connectivity index is 1.71. The molecule has 1 fully saturated rings. The van der Waals surface area contributed by atoms with Crippen molar-refractivity contribution in [2.75, 3.05) is 25.1 Å². The van der Waals surface area contributed by atoms with Gasteiger partial charge < -0.3 is 19.3 Å². The molecule has 2 heterocycles. The summed E-state index contributed by atoms with van der Waals surface area (Å²) in [5.41, 5.74) is 6.19. The Kier molecular flexibility index (Phi) is 5.72. The molecular formula is C15H21ClF2N5O3P. The summed E-state index contributed by atoms with van der Waals surface area (Å²) in [7, 11) is -3.35. The van der Waals surface area contributed by atoms with Crippen molar-refractivity contribution in [1.82, 2.24) is 19.5 Å². The van der Waals surface area contributed by atoms with Gasteiger partial charge in [-0.05, 0) is 20.3 Å². The van der Waals surface area contributed by atoms with Crippen LogP contribution in [0.25, 0.3) is 11.2 Å². The molecule has 0 bridgehead atoms. The van der Waals surface area contributed by atoms with E-state index < -0.39 is 25.4 Å². The molecule has 12 heteroatoms. The molecule has 150 valence electrons. The summed E-state index contributed by atoms with van der Waals surface area (Å²) < 4.78 is 52.8. The molecule has 2 aromatic heterocycles. The lowest BCUT2D eigenvalue weighted by molar-refractivity contribution is 0.0807. The van der Waals surface area contributed by atoms with Crippen molar-refractivity contribution in [3.8, 4) is 0 Å². The van der Waals surface area contributed by atoms with E-state index in [1.54, 1.807) is 13.8 Å². The SMILES string of the molecule is CCOP(=O)(CCC1C(Cn2cnc3c(Cl)nc(N)nc32)C1(F)F)OCC. The van der Waals surface area contributed by atoms with Gasteiger partial charge in [0.05, 0.1) is 25.7 Å². The molecule has 27 heavy (non-hydrogen) atoms. The number of hydrogen-bond donors (Lipinski definition) is 1. The maximum absolute atomic E-state index is 14.3. The highest BCUT2D eigenvalue weighted by Crippen LogP contribution is 2.60. The average Bonchev–Trinajstić information content (AvgIpc) is 2.87. The zero-order valence-electron chi connectivity index (χ0n) is 14.9. The molecule has 2 unspecified atom stereocenters. The number of nitrogen functional groups attached to an aromatic ring is 1. The van der Waals surface area contributed by atoms with Gasteiger partial charge in [-0.15, -0.1) is 0 Å². The Morgan fingerprint density at radius 3 is 2.59 bits per heavy atom. The highest BCUT2D eigenvalue weighted by Gasteiger charge is 2.67. The molecule has 1 aliphatic rings. The first kappa shape index (κ1) is 20.4. The summed E-state index contributed by atoms with van der Waals surface area (Å²) in [4.78, 5) is 11.9. The van der Waals surface area contributed by atoms with Crippen LogP contribution in [0.1, 0.15) is 20.3 Å². The van der Waals surface area contributed by atoms with E-state index in [4.69, 9.17) is 26.4 Å². The second kappa shape index (κ2) is 7.58. The molecule has 2 atom stereocenters. The van der Waals surface area contributed by atoms with Gasteiger partial charge in [-0.3, -0.25) is 4.57 Å². The van der Waals surface area contributed by atoms with Gasteiger partial charge in [0.25, 0.3) is 5.92 Å². The minimum Gasteiger partial charge on any atom is -0.368 e. The summed E-state index contributed by atoms with van der Waals surface area (Å²) in [5, 5.41) is 0.0738. The fraction of sp³-hybridized carbons (Fsp3) is 0.667. The quantitative estimate of drug-likeness (QED) is 0.485. The topological polar surface area (TPSA) is 105 Å². The van der Waals surface area contributed by atoms with Gasteiger partial charge >= 0.3 is 7.60 Å². The van der Waals surface area contributed by atoms with Gasteiger partial charge in [-0.2, -0.15) is 9.97 Å². The third-order valence-electron chi connectivity index (χ3n) is 4.56. The van der Waals surface area contributed by atoms with E-state index in [2.05, 4.69) is 15.0 Å². The highest BCUT2D eigenvalue weighted by molar-refractivity contribution is 7.53. The van der Waals surface area contributed by atoms with Crippen LogP contribution in [0.3, 0.4) is 0 Å². The molecule has 1 saturated carbocycles. The van der Waals surface area contributed by atoms with Gasteiger partial charge in [0.2, 0.25) is 5.95 Å². The van der Waals surface area contributed by atoms with Crippen LogP contribution in [-0.2, 0) is 20.2 Å².